The number of aromatic nitrogens is 2. The summed E-state index contributed by atoms with van der Waals surface area (Å²) in [7, 11) is 0. The number of alkyl halides is 6. The first-order valence-corrected chi connectivity index (χ1v) is 12.3. The number of nitrogens with zero attached hydrogens (tertiary/aromatic N) is 6. The number of carbonyl (C=O) groups is 2. The molecule has 10 nitrogen and oxygen atoms in total. The van der Waals surface area contributed by atoms with Gasteiger partial charge in [-0.1, -0.05) is 48.5 Å². The van der Waals surface area contributed by atoms with Crippen molar-refractivity contribution in [3.05, 3.63) is 96.6 Å². The molecule has 17 heteroatoms. The Kier molecular flexibility index (Phi) is 8.71. The van der Waals surface area contributed by atoms with Crippen LogP contribution in [-0.4, -0.2) is 45.3 Å². The predicted molar refractivity (Wildman–Crippen MR) is 137 cm³/mol. The van der Waals surface area contributed by atoms with Gasteiger partial charge in [-0.15, -0.1) is 0 Å². The van der Waals surface area contributed by atoms with Crippen LogP contribution in [0, 0.1) is 0 Å². The Morgan fingerprint density at radius 2 is 0.956 bits per heavy atom. The normalized spacial score (nSPS) is 20.7. The molecule has 0 amide bonds. The molecule has 2 aromatic carbocycles. The van der Waals surface area contributed by atoms with Crippen LogP contribution in [0.2, 0.25) is 0 Å². The second-order valence-electron chi connectivity index (χ2n) is 9.32. The fourth-order valence-corrected chi connectivity index (χ4v) is 4.36. The Balaban J connectivity index is 0.000000200. The number of carbonyl (C=O) groups excluding carboxylic acids is 2. The van der Waals surface area contributed by atoms with Crippen LogP contribution in [0.25, 0.3) is 32.9 Å². The zero-order valence-corrected chi connectivity index (χ0v) is 23.8. The Morgan fingerprint density at radius 3 is 1.27 bits per heavy atom. The minimum Gasteiger partial charge on any atom is -0.547 e. The minimum atomic E-state index is -5.15. The van der Waals surface area contributed by atoms with E-state index in [1.165, 1.54) is 12.4 Å². The van der Waals surface area contributed by atoms with Crippen LogP contribution in [0.4, 0.5) is 26.3 Å². The average Bonchev–Trinajstić information content (AvgIpc) is 3.64. The number of azo groups is 2. The molecule has 0 N–H and O–H groups in total. The molecule has 0 radical (unpaired) electrons. The third-order valence-electron chi connectivity index (χ3n) is 6.64. The molecule has 230 valence electrons. The van der Waals surface area contributed by atoms with E-state index < -0.39 is 35.4 Å². The van der Waals surface area contributed by atoms with Gasteiger partial charge in [-0.3, -0.25) is 9.97 Å². The van der Waals surface area contributed by atoms with Crippen molar-refractivity contribution >= 4 is 44.9 Å². The summed E-state index contributed by atoms with van der Waals surface area (Å²) in [6.45, 7) is 0. The van der Waals surface area contributed by atoms with Crippen molar-refractivity contribution in [1.82, 2.24) is 9.97 Å². The van der Waals surface area contributed by atoms with Gasteiger partial charge in [0, 0.05) is 23.2 Å². The Morgan fingerprint density at radius 1 is 0.600 bits per heavy atom. The number of pyridine rings is 2. The summed E-state index contributed by atoms with van der Waals surface area (Å²) in [6, 6.07) is 17.1. The van der Waals surface area contributed by atoms with Crippen LogP contribution >= 0.6 is 0 Å². The van der Waals surface area contributed by atoms with Crippen molar-refractivity contribution in [3.63, 3.8) is 0 Å². The number of carboxylic acid groups (broad SMARTS) is 2. The Bertz CT molecular complexity index is 1790. The van der Waals surface area contributed by atoms with Crippen molar-refractivity contribution in [1.29, 1.82) is 0 Å². The van der Waals surface area contributed by atoms with Gasteiger partial charge < -0.3 is 19.8 Å². The molecule has 0 spiro atoms. The molecular weight excluding hydrogens is 699 g/mol. The molecule has 2 aromatic heterocycles. The average molecular weight is 714 g/mol. The zero-order chi connectivity index (χ0) is 31.9. The second kappa shape index (κ2) is 11.9. The number of aliphatic carboxylic acids is 2. The maximum Gasteiger partial charge on any atom is 2.00 e. The molecule has 4 heterocycles. The number of benzene rings is 2. The summed E-state index contributed by atoms with van der Waals surface area (Å²) < 4.78 is 78.2. The van der Waals surface area contributed by atoms with E-state index >= 15 is 0 Å². The molecule has 0 fully saturated rings. The van der Waals surface area contributed by atoms with Gasteiger partial charge in [0.2, 0.25) is 11.1 Å². The number of hydrogen-bond donors (Lipinski definition) is 0. The molecule has 0 saturated heterocycles. The van der Waals surface area contributed by atoms with Crippen molar-refractivity contribution in [2.45, 2.75) is 23.4 Å². The fourth-order valence-electron chi connectivity index (χ4n) is 4.36. The van der Waals surface area contributed by atoms with Gasteiger partial charge in [0.1, 0.15) is 11.4 Å². The minimum absolute atomic E-state index is 0. The van der Waals surface area contributed by atoms with Gasteiger partial charge >= 0.3 is 31.8 Å². The summed E-state index contributed by atoms with van der Waals surface area (Å²) in [6.07, 6.45) is -6.64. The molecule has 6 rings (SSSR count). The molecule has 2 unspecified atom stereocenters. The fraction of sp³-hybridized carbons (Fsp3) is 0.143. The summed E-state index contributed by atoms with van der Waals surface area (Å²) >= 11 is 0. The van der Waals surface area contributed by atoms with Crippen LogP contribution in [-0.2, 0) is 29.1 Å². The molecule has 0 saturated carbocycles. The van der Waals surface area contributed by atoms with E-state index in [2.05, 4.69) is 30.4 Å². The third kappa shape index (κ3) is 5.70. The number of halogens is 6. The largest absolute Gasteiger partial charge is 2.00 e. The van der Waals surface area contributed by atoms with Gasteiger partial charge in [-0.25, -0.2) is 0 Å². The van der Waals surface area contributed by atoms with Gasteiger partial charge in [0.05, 0.1) is 23.3 Å². The van der Waals surface area contributed by atoms with E-state index in [4.69, 9.17) is 0 Å². The Hall–Kier alpha value is -4.92. The summed E-state index contributed by atoms with van der Waals surface area (Å²) in [5.41, 5.74) is -7.18. The van der Waals surface area contributed by atoms with Crippen LogP contribution in [0.1, 0.15) is 11.4 Å². The van der Waals surface area contributed by atoms with E-state index in [-0.39, 0.29) is 42.3 Å². The molecular formula is C28H14F6N6O4Ru. The number of rotatable bonds is 4. The zero-order valence-electron chi connectivity index (χ0n) is 22.0. The molecule has 0 bridgehead atoms. The maximum absolute atomic E-state index is 13.0. The van der Waals surface area contributed by atoms with E-state index in [0.717, 1.165) is 10.8 Å². The first kappa shape index (κ1) is 33.0. The molecule has 45 heavy (non-hydrogen) atoms. The van der Waals surface area contributed by atoms with Gasteiger partial charge in [0.25, 0.3) is 0 Å². The van der Waals surface area contributed by atoms with E-state index in [1.54, 1.807) is 60.7 Å². The molecule has 2 atom stereocenters. The topological polar surface area (TPSA) is 155 Å². The van der Waals surface area contributed by atoms with E-state index in [1.807, 2.05) is 0 Å². The number of hydrogen-bond acceptors (Lipinski definition) is 10. The van der Waals surface area contributed by atoms with Gasteiger partial charge in [0.15, 0.2) is 0 Å². The summed E-state index contributed by atoms with van der Waals surface area (Å²) in [5, 5.41) is 37.1. The molecule has 4 aromatic rings. The summed E-state index contributed by atoms with van der Waals surface area (Å²) in [5.74, 6) is -4.75. The standard InChI is InChI=1S/2C14H8F3N3O2.Ru/c2*15-14(16,17)13(12(21)22)7-10(19-20-13)11-9-4-2-1-3-8(9)5-6-18-11;/h2*1-7H,(H,21,22);/q;;+2/p-2. The van der Waals surface area contributed by atoms with Crippen LogP contribution in [0.3, 0.4) is 0 Å². The van der Waals surface area contributed by atoms with E-state index in [9.17, 15) is 46.1 Å². The molecule has 2 aliphatic rings. The van der Waals surface area contributed by atoms with Gasteiger partial charge in [-0.05, 0) is 35.1 Å². The van der Waals surface area contributed by atoms with Crippen LogP contribution in [0.15, 0.2) is 106 Å². The molecule has 2 aliphatic heterocycles. The van der Waals surface area contributed by atoms with Crippen molar-refractivity contribution in [2.75, 3.05) is 0 Å². The summed E-state index contributed by atoms with van der Waals surface area (Å²) in [4.78, 5) is 29.9. The number of carboxylic acids is 2. The first-order valence-electron chi connectivity index (χ1n) is 12.3. The first-order chi connectivity index (χ1) is 20.7. The molecule has 0 aliphatic carbocycles. The smallest absolute Gasteiger partial charge is 0.547 e. The van der Waals surface area contributed by atoms with Gasteiger partial charge in [-0.2, -0.15) is 46.8 Å². The van der Waals surface area contributed by atoms with E-state index in [0.29, 0.717) is 22.9 Å². The van der Waals surface area contributed by atoms with Crippen LogP contribution in [0.5, 0.6) is 0 Å². The van der Waals surface area contributed by atoms with Crippen molar-refractivity contribution < 1.29 is 65.6 Å². The number of fused-ring (bicyclic) bond motifs is 2. The SMILES string of the molecule is O=C([O-])C1(C(F)(F)F)C=C(c2nccc3ccccc23)N=N1.O=C([O-])C1(C(F)(F)F)C=C(c2nccc3ccccc23)N=N1.[Ru+2]. The second-order valence-corrected chi connectivity index (χ2v) is 9.32. The van der Waals surface area contributed by atoms with Crippen LogP contribution < -0.4 is 10.2 Å². The van der Waals surface area contributed by atoms with Crippen molar-refractivity contribution in [2.24, 2.45) is 20.5 Å². The predicted octanol–water partition coefficient (Wildman–Crippen LogP) is 4.18. The monoisotopic (exact) mass is 714 g/mol. The third-order valence-corrected chi connectivity index (χ3v) is 6.64. The Labute approximate surface area is 260 Å². The van der Waals surface area contributed by atoms with Crippen molar-refractivity contribution in [3.8, 4) is 0 Å². The maximum atomic E-state index is 13.0. The quantitative estimate of drug-likeness (QED) is 0.228.